The van der Waals surface area contributed by atoms with E-state index >= 15 is 0 Å². The lowest BCUT2D eigenvalue weighted by Crippen LogP contribution is -2.03. The van der Waals surface area contributed by atoms with Crippen LogP contribution in [0.4, 0.5) is 5.95 Å². The molecule has 2 rings (SSSR count). The van der Waals surface area contributed by atoms with E-state index in [1.807, 2.05) is 10.6 Å². The molecule has 0 saturated carbocycles. The lowest BCUT2D eigenvalue weighted by molar-refractivity contribution is 0.602. The van der Waals surface area contributed by atoms with Crippen molar-refractivity contribution in [2.45, 2.75) is 37.6 Å². The van der Waals surface area contributed by atoms with E-state index in [0.717, 1.165) is 31.3 Å². The smallest absolute Gasteiger partial charge is 0.201 e. The largest absolute Gasteiger partial charge is 0.369 e. The molecule has 5 nitrogen and oxygen atoms in total. The number of para-hydroxylation sites is 1. The normalized spacial score (nSPS) is 12.1. The van der Waals surface area contributed by atoms with E-state index < -0.39 is 9.84 Å². The van der Waals surface area contributed by atoms with Crippen LogP contribution >= 0.6 is 0 Å². The molecule has 0 aliphatic rings. The van der Waals surface area contributed by atoms with Gasteiger partial charge >= 0.3 is 0 Å². The molecule has 0 aliphatic carbocycles. The number of hydrogen-bond acceptors (Lipinski definition) is 4. The first-order valence-corrected chi connectivity index (χ1v) is 8.29. The standard InChI is InChI=1S/C13H19N3O2S/c1-3-4-5-9-16-10-7-6-8-11(19(2,17)18)12(10)15-13(16)14/h6-8H,3-5,9H2,1-2H3,(H2,14,15). The number of nitrogens with two attached hydrogens (primary N) is 1. The third kappa shape index (κ3) is 2.73. The number of imidazole rings is 1. The predicted octanol–water partition coefficient (Wildman–Crippen LogP) is 2.21. The number of aryl methyl sites for hydroxylation is 1. The van der Waals surface area contributed by atoms with Crippen LogP contribution in [0.5, 0.6) is 0 Å². The van der Waals surface area contributed by atoms with E-state index in [0.29, 0.717) is 11.5 Å². The molecule has 19 heavy (non-hydrogen) atoms. The number of benzene rings is 1. The van der Waals surface area contributed by atoms with E-state index in [1.54, 1.807) is 12.1 Å². The molecule has 0 fully saturated rings. The van der Waals surface area contributed by atoms with Crippen molar-refractivity contribution in [3.05, 3.63) is 18.2 Å². The molecule has 0 spiro atoms. The van der Waals surface area contributed by atoms with Crippen molar-refractivity contribution in [2.75, 3.05) is 12.0 Å². The van der Waals surface area contributed by atoms with Crippen molar-refractivity contribution in [3.63, 3.8) is 0 Å². The number of aromatic nitrogens is 2. The van der Waals surface area contributed by atoms with Crippen LogP contribution in [0.25, 0.3) is 11.0 Å². The average Bonchev–Trinajstić information content (AvgIpc) is 2.64. The molecule has 2 N–H and O–H groups in total. The van der Waals surface area contributed by atoms with Crippen molar-refractivity contribution in [1.82, 2.24) is 9.55 Å². The van der Waals surface area contributed by atoms with E-state index in [9.17, 15) is 8.42 Å². The maximum Gasteiger partial charge on any atom is 0.201 e. The summed E-state index contributed by atoms with van der Waals surface area (Å²) < 4.78 is 25.4. The van der Waals surface area contributed by atoms with E-state index in [-0.39, 0.29) is 4.90 Å². The number of nitrogen functional groups attached to an aromatic ring is 1. The molecule has 0 aliphatic heterocycles. The van der Waals surface area contributed by atoms with Crippen molar-refractivity contribution < 1.29 is 8.42 Å². The minimum absolute atomic E-state index is 0.242. The van der Waals surface area contributed by atoms with Crippen LogP contribution in [-0.4, -0.2) is 24.2 Å². The van der Waals surface area contributed by atoms with Crippen LogP contribution < -0.4 is 5.73 Å². The van der Waals surface area contributed by atoms with Crippen LogP contribution in [0.2, 0.25) is 0 Å². The van der Waals surface area contributed by atoms with Gasteiger partial charge in [-0.05, 0) is 18.6 Å². The Morgan fingerprint density at radius 2 is 2.05 bits per heavy atom. The highest BCUT2D eigenvalue weighted by Crippen LogP contribution is 2.25. The molecular weight excluding hydrogens is 262 g/mol. The summed E-state index contributed by atoms with van der Waals surface area (Å²) in [5.74, 6) is 0.377. The number of nitrogens with zero attached hydrogens (tertiary/aromatic N) is 2. The van der Waals surface area contributed by atoms with Gasteiger partial charge in [-0.15, -0.1) is 0 Å². The highest BCUT2D eigenvalue weighted by molar-refractivity contribution is 7.91. The Labute approximate surface area is 113 Å². The zero-order chi connectivity index (χ0) is 14.0. The fraction of sp³-hybridized carbons (Fsp3) is 0.462. The molecule has 0 atom stereocenters. The Morgan fingerprint density at radius 1 is 1.32 bits per heavy atom. The monoisotopic (exact) mass is 281 g/mol. The number of hydrogen-bond donors (Lipinski definition) is 1. The molecule has 0 saturated heterocycles. The Hall–Kier alpha value is -1.56. The first kappa shape index (κ1) is 13.9. The molecule has 0 unspecified atom stereocenters. The molecule has 0 bridgehead atoms. The molecular formula is C13H19N3O2S. The quantitative estimate of drug-likeness (QED) is 0.852. The Morgan fingerprint density at radius 3 is 2.68 bits per heavy atom. The van der Waals surface area contributed by atoms with Gasteiger partial charge in [0.25, 0.3) is 0 Å². The van der Waals surface area contributed by atoms with Crippen LogP contribution in [0.1, 0.15) is 26.2 Å². The maximum absolute atomic E-state index is 11.7. The first-order chi connectivity index (χ1) is 8.95. The first-order valence-electron chi connectivity index (χ1n) is 6.40. The van der Waals surface area contributed by atoms with E-state index in [4.69, 9.17) is 5.73 Å². The van der Waals surface area contributed by atoms with Crippen LogP contribution in [-0.2, 0) is 16.4 Å². The molecule has 0 amide bonds. The van der Waals surface area contributed by atoms with E-state index in [1.165, 1.54) is 6.26 Å². The molecule has 2 aromatic rings. The van der Waals surface area contributed by atoms with Gasteiger partial charge in [0.05, 0.1) is 10.4 Å². The average molecular weight is 281 g/mol. The summed E-state index contributed by atoms with van der Waals surface area (Å²) in [5, 5.41) is 0. The van der Waals surface area contributed by atoms with Crippen LogP contribution in [0.3, 0.4) is 0 Å². The van der Waals surface area contributed by atoms with Gasteiger partial charge in [-0.3, -0.25) is 0 Å². The molecule has 1 heterocycles. The van der Waals surface area contributed by atoms with Crippen molar-refractivity contribution >= 4 is 26.8 Å². The van der Waals surface area contributed by atoms with Gasteiger partial charge in [0.15, 0.2) is 9.84 Å². The molecule has 104 valence electrons. The summed E-state index contributed by atoms with van der Waals surface area (Å²) >= 11 is 0. The molecule has 6 heteroatoms. The van der Waals surface area contributed by atoms with Gasteiger partial charge in [0, 0.05) is 12.8 Å². The van der Waals surface area contributed by atoms with Gasteiger partial charge in [-0.25, -0.2) is 13.4 Å². The minimum Gasteiger partial charge on any atom is -0.369 e. The van der Waals surface area contributed by atoms with Crippen molar-refractivity contribution in [2.24, 2.45) is 0 Å². The minimum atomic E-state index is -3.29. The number of rotatable bonds is 5. The fourth-order valence-electron chi connectivity index (χ4n) is 2.19. The Balaban J connectivity index is 2.53. The van der Waals surface area contributed by atoms with Crippen LogP contribution in [0, 0.1) is 0 Å². The van der Waals surface area contributed by atoms with Crippen molar-refractivity contribution in [3.8, 4) is 0 Å². The molecule has 1 aromatic carbocycles. The third-order valence-electron chi connectivity index (χ3n) is 3.16. The maximum atomic E-state index is 11.7. The van der Waals surface area contributed by atoms with E-state index in [2.05, 4.69) is 11.9 Å². The Kier molecular flexibility index (Phi) is 3.80. The number of sulfone groups is 1. The second-order valence-corrected chi connectivity index (χ2v) is 6.71. The van der Waals surface area contributed by atoms with Gasteiger partial charge < -0.3 is 10.3 Å². The summed E-state index contributed by atoms with van der Waals surface area (Å²) in [6.07, 6.45) is 4.44. The molecule has 0 radical (unpaired) electrons. The zero-order valence-electron chi connectivity index (χ0n) is 11.3. The number of unbranched alkanes of at least 4 members (excludes halogenated alkanes) is 2. The summed E-state index contributed by atoms with van der Waals surface area (Å²) in [5.41, 5.74) is 7.16. The Bertz CT molecular complexity index is 689. The lowest BCUT2D eigenvalue weighted by Gasteiger charge is -2.06. The fourth-order valence-corrected chi connectivity index (χ4v) is 3.02. The second-order valence-electron chi connectivity index (χ2n) is 4.72. The predicted molar refractivity (Wildman–Crippen MR) is 76.8 cm³/mol. The SMILES string of the molecule is CCCCCn1c(N)nc2c(S(C)(=O)=O)cccc21. The summed E-state index contributed by atoms with van der Waals surface area (Å²) in [6, 6.07) is 5.16. The summed E-state index contributed by atoms with van der Waals surface area (Å²) in [7, 11) is -3.29. The van der Waals surface area contributed by atoms with Crippen molar-refractivity contribution in [1.29, 1.82) is 0 Å². The summed E-state index contributed by atoms with van der Waals surface area (Å²) in [6.45, 7) is 2.90. The second kappa shape index (κ2) is 5.21. The third-order valence-corrected chi connectivity index (χ3v) is 4.28. The van der Waals surface area contributed by atoms with Gasteiger partial charge in [-0.1, -0.05) is 25.8 Å². The number of anilines is 1. The summed E-state index contributed by atoms with van der Waals surface area (Å²) in [4.78, 5) is 4.46. The molecule has 1 aromatic heterocycles. The van der Waals surface area contributed by atoms with Gasteiger partial charge in [-0.2, -0.15) is 0 Å². The highest BCUT2D eigenvalue weighted by Gasteiger charge is 2.17. The number of fused-ring (bicyclic) bond motifs is 1. The zero-order valence-corrected chi connectivity index (χ0v) is 12.1. The topological polar surface area (TPSA) is 78.0 Å². The van der Waals surface area contributed by atoms with Crippen LogP contribution in [0.15, 0.2) is 23.1 Å². The van der Waals surface area contributed by atoms with Gasteiger partial charge in [0.1, 0.15) is 5.52 Å². The highest BCUT2D eigenvalue weighted by atomic mass is 32.2. The lowest BCUT2D eigenvalue weighted by atomic mass is 10.2. The van der Waals surface area contributed by atoms with Gasteiger partial charge in [0.2, 0.25) is 5.95 Å².